The minimum atomic E-state index is 0.213. The molecule has 0 bridgehead atoms. The normalized spacial score (nSPS) is 11.9. The van der Waals surface area contributed by atoms with Crippen molar-refractivity contribution in [3.8, 4) is 5.69 Å². The molecule has 0 fully saturated rings. The van der Waals surface area contributed by atoms with Crippen molar-refractivity contribution in [1.82, 2.24) is 25.0 Å². The molecule has 0 saturated heterocycles. The fourth-order valence-electron chi connectivity index (χ4n) is 1.82. The van der Waals surface area contributed by atoms with Crippen LogP contribution in [0.5, 0.6) is 0 Å². The van der Waals surface area contributed by atoms with Gasteiger partial charge < -0.3 is 10.2 Å². The van der Waals surface area contributed by atoms with Crippen LogP contribution in [0.1, 0.15) is 18.5 Å². The average Bonchev–Trinajstić information content (AvgIpc) is 2.99. The van der Waals surface area contributed by atoms with E-state index in [0.29, 0.717) is 0 Å². The lowest BCUT2D eigenvalue weighted by Crippen LogP contribution is -2.36. The van der Waals surface area contributed by atoms with Gasteiger partial charge >= 0.3 is 0 Å². The van der Waals surface area contributed by atoms with E-state index < -0.39 is 0 Å². The van der Waals surface area contributed by atoms with Crippen LogP contribution in [0.4, 0.5) is 0 Å². The molecule has 0 aliphatic carbocycles. The topological polar surface area (TPSA) is 46.0 Å². The van der Waals surface area contributed by atoms with Gasteiger partial charge in [0.1, 0.15) is 12.7 Å². The molecular formula is C13H17N5S. The summed E-state index contributed by atoms with van der Waals surface area (Å²) in [4.78, 5) is 5.96. The molecule has 100 valence electrons. The number of hydrogen-bond acceptors (Lipinski definition) is 3. The van der Waals surface area contributed by atoms with E-state index >= 15 is 0 Å². The predicted octanol–water partition coefficient (Wildman–Crippen LogP) is 1.76. The minimum absolute atomic E-state index is 0.213. The van der Waals surface area contributed by atoms with Crippen LogP contribution in [0.15, 0.2) is 36.9 Å². The number of hydrogen-bond donors (Lipinski definition) is 1. The van der Waals surface area contributed by atoms with Gasteiger partial charge in [-0.05, 0) is 36.8 Å². The highest BCUT2D eigenvalue weighted by Crippen LogP contribution is 2.20. The molecule has 0 radical (unpaired) electrons. The van der Waals surface area contributed by atoms with Crippen molar-refractivity contribution >= 4 is 17.3 Å². The van der Waals surface area contributed by atoms with E-state index in [0.717, 1.165) is 10.8 Å². The first-order valence-electron chi connectivity index (χ1n) is 6.03. The van der Waals surface area contributed by atoms with E-state index in [-0.39, 0.29) is 6.04 Å². The summed E-state index contributed by atoms with van der Waals surface area (Å²) in [5.41, 5.74) is 2.19. The van der Waals surface area contributed by atoms with Crippen LogP contribution in [-0.4, -0.2) is 38.9 Å². The van der Waals surface area contributed by atoms with Crippen LogP contribution < -0.4 is 5.32 Å². The predicted molar refractivity (Wildman–Crippen MR) is 79.2 cm³/mol. The number of rotatable bonds is 3. The smallest absolute Gasteiger partial charge is 0.168 e. The third kappa shape index (κ3) is 2.90. The Balaban J connectivity index is 2.16. The Labute approximate surface area is 118 Å². The number of nitrogens with zero attached hydrogens (tertiary/aromatic N) is 4. The van der Waals surface area contributed by atoms with Crippen LogP contribution in [0, 0.1) is 0 Å². The lowest BCUT2D eigenvalue weighted by molar-refractivity contribution is 0.399. The second-order valence-electron chi connectivity index (χ2n) is 4.27. The minimum Gasteiger partial charge on any atom is -0.366 e. The Morgan fingerprint density at radius 2 is 2.05 bits per heavy atom. The zero-order valence-electron chi connectivity index (χ0n) is 11.2. The molecule has 6 heteroatoms. The molecule has 1 aromatic heterocycles. The lowest BCUT2D eigenvalue weighted by Gasteiger charge is -2.27. The van der Waals surface area contributed by atoms with Gasteiger partial charge in [-0.25, -0.2) is 9.67 Å². The summed E-state index contributed by atoms with van der Waals surface area (Å²) in [6, 6.07) is 8.42. The molecule has 1 N–H and O–H groups in total. The Bertz CT molecular complexity index is 535. The molecule has 19 heavy (non-hydrogen) atoms. The Hall–Kier alpha value is -1.95. The van der Waals surface area contributed by atoms with E-state index in [1.807, 2.05) is 31.1 Å². The number of benzene rings is 1. The molecule has 1 heterocycles. The number of aromatic nitrogens is 3. The second-order valence-corrected chi connectivity index (χ2v) is 4.66. The average molecular weight is 275 g/mol. The van der Waals surface area contributed by atoms with Crippen molar-refractivity contribution in [1.29, 1.82) is 0 Å². The zero-order valence-corrected chi connectivity index (χ0v) is 12.1. The highest BCUT2D eigenvalue weighted by Gasteiger charge is 2.13. The first-order chi connectivity index (χ1) is 9.13. The summed E-state index contributed by atoms with van der Waals surface area (Å²) in [7, 11) is 3.81. The molecule has 0 spiro atoms. The zero-order chi connectivity index (χ0) is 13.8. The fraction of sp³-hybridized carbons (Fsp3) is 0.308. The third-order valence-electron chi connectivity index (χ3n) is 3.17. The first kappa shape index (κ1) is 13.5. The van der Waals surface area contributed by atoms with Crippen LogP contribution in [0.2, 0.25) is 0 Å². The molecule has 0 saturated carbocycles. The van der Waals surface area contributed by atoms with Crippen molar-refractivity contribution in [2.75, 3.05) is 14.1 Å². The van der Waals surface area contributed by atoms with Crippen molar-refractivity contribution in [3.05, 3.63) is 42.5 Å². The van der Waals surface area contributed by atoms with E-state index in [1.54, 1.807) is 11.0 Å². The van der Waals surface area contributed by atoms with Gasteiger partial charge in [-0.2, -0.15) is 5.10 Å². The maximum Gasteiger partial charge on any atom is 0.168 e. The summed E-state index contributed by atoms with van der Waals surface area (Å²) in [5, 5.41) is 7.82. The van der Waals surface area contributed by atoms with E-state index in [4.69, 9.17) is 12.2 Å². The third-order valence-corrected chi connectivity index (χ3v) is 3.67. The van der Waals surface area contributed by atoms with Crippen molar-refractivity contribution in [2.24, 2.45) is 0 Å². The maximum absolute atomic E-state index is 5.24. The standard InChI is InChI=1S/C13H17N5S/c1-10(17(3)13(19)14-2)11-4-6-12(7-5-11)18-9-15-8-16-18/h4-10H,1-3H3,(H,14,19)/t10-/m0/s1. The first-order valence-corrected chi connectivity index (χ1v) is 6.44. The lowest BCUT2D eigenvalue weighted by atomic mass is 10.1. The van der Waals surface area contributed by atoms with Gasteiger partial charge in [0.15, 0.2) is 5.11 Å². The highest BCUT2D eigenvalue weighted by atomic mass is 32.1. The van der Waals surface area contributed by atoms with Crippen LogP contribution >= 0.6 is 12.2 Å². The van der Waals surface area contributed by atoms with E-state index in [2.05, 4.69) is 34.5 Å². The Kier molecular flexibility index (Phi) is 4.11. The molecule has 0 unspecified atom stereocenters. The SMILES string of the molecule is CNC(=S)N(C)[C@@H](C)c1ccc(-n2cncn2)cc1. The Morgan fingerprint density at radius 1 is 1.37 bits per heavy atom. The molecule has 2 rings (SSSR count). The van der Waals surface area contributed by atoms with Crippen molar-refractivity contribution < 1.29 is 0 Å². The van der Waals surface area contributed by atoms with Crippen LogP contribution in [0.25, 0.3) is 5.69 Å². The van der Waals surface area contributed by atoms with Crippen LogP contribution in [-0.2, 0) is 0 Å². The summed E-state index contributed by atoms with van der Waals surface area (Å²) in [6.45, 7) is 2.12. The second kappa shape index (κ2) is 5.79. The van der Waals surface area contributed by atoms with Crippen LogP contribution in [0.3, 0.4) is 0 Å². The van der Waals surface area contributed by atoms with Gasteiger partial charge in [0, 0.05) is 14.1 Å². The highest BCUT2D eigenvalue weighted by molar-refractivity contribution is 7.80. The fourth-order valence-corrected chi connectivity index (χ4v) is 1.98. The van der Waals surface area contributed by atoms with Gasteiger partial charge in [-0.1, -0.05) is 12.1 Å². The largest absolute Gasteiger partial charge is 0.366 e. The molecule has 1 aromatic carbocycles. The van der Waals surface area contributed by atoms with Crippen molar-refractivity contribution in [2.45, 2.75) is 13.0 Å². The molecule has 1 atom stereocenters. The monoisotopic (exact) mass is 275 g/mol. The van der Waals surface area contributed by atoms with E-state index in [1.165, 1.54) is 11.9 Å². The molecule has 0 amide bonds. The van der Waals surface area contributed by atoms with Gasteiger partial charge in [-0.15, -0.1) is 0 Å². The molecule has 0 aliphatic heterocycles. The maximum atomic E-state index is 5.24. The summed E-state index contributed by atoms with van der Waals surface area (Å²) >= 11 is 5.24. The molecule has 5 nitrogen and oxygen atoms in total. The van der Waals surface area contributed by atoms with Gasteiger partial charge in [0.05, 0.1) is 11.7 Å². The summed E-state index contributed by atoms with van der Waals surface area (Å²) in [6.07, 6.45) is 3.20. The van der Waals surface area contributed by atoms with Gasteiger partial charge in [0.25, 0.3) is 0 Å². The number of thiocarbonyl (C=S) groups is 1. The number of nitrogens with one attached hydrogen (secondary N) is 1. The van der Waals surface area contributed by atoms with E-state index in [9.17, 15) is 0 Å². The quantitative estimate of drug-likeness (QED) is 0.865. The summed E-state index contributed by atoms with van der Waals surface area (Å²) in [5.74, 6) is 0. The Morgan fingerprint density at radius 3 is 2.58 bits per heavy atom. The van der Waals surface area contributed by atoms with Gasteiger partial charge in [0.2, 0.25) is 0 Å². The molecular weight excluding hydrogens is 258 g/mol. The molecule has 0 aliphatic rings. The van der Waals surface area contributed by atoms with Crippen molar-refractivity contribution in [3.63, 3.8) is 0 Å². The molecule has 2 aromatic rings. The summed E-state index contributed by atoms with van der Waals surface area (Å²) < 4.78 is 1.73. The van der Waals surface area contributed by atoms with Gasteiger partial charge in [-0.3, -0.25) is 0 Å².